The highest BCUT2D eigenvalue weighted by Gasteiger charge is 2.15. The van der Waals surface area contributed by atoms with Gasteiger partial charge in [-0.3, -0.25) is 14.4 Å². The van der Waals surface area contributed by atoms with E-state index in [0.717, 1.165) is 16.8 Å². The van der Waals surface area contributed by atoms with Crippen molar-refractivity contribution >= 4 is 23.4 Å². The van der Waals surface area contributed by atoms with Crippen LogP contribution in [0.25, 0.3) is 0 Å². The van der Waals surface area contributed by atoms with E-state index >= 15 is 0 Å². The van der Waals surface area contributed by atoms with Crippen LogP contribution >= 0.6 is 0 Å². The monoisotopic (exact) mass is 357 g/mol. The Bertz CT molecular complexity index is 764. The Balaban J connectivity index is 1.77. The molecule has 2 N–H and O–H groups in total. The molecule has 26 heavy (non-hydrogen) atoms. The van der Waals surface area contributed by atoms with Crippen LogP contribution in [0.1, 0.15) is 28.1 Å². The van der Waals surface area contributed by atoms with Crippen molar-refractivity contribution in [3.63, 3.8) is 0 Å². The van der Waals surface area contributed by atoms with Crippen molar-refractivity contribution in [3.05, 3.63) is 53.5 Å². The fourth-order valence-corrected chi connectivity index (χ4v) is 2.46. The molecule has 0 bridgehead atoms. The van der Waals surface area contributed by atoms with E-state index in [-0.39, 0.29) is 43.0 Å². The summed E-state index contributed by atoms with van der Waals surface area (Å²) in [6, 6.07) is 8.91. The minimum Gasteiger partial charge on any atom is -0.459 e. The molecule has 1 aromatic carbocycles. The van der Waals surface area contributed by atoms with E-state index < -0.39 is 0 Å². The first-order chi connectivity index (χ1) is 12.4. The highest BCUT2D eigenvalue weighted by atomic mass is 16.3. The number of anilines is 1. The molecule has 0 spiro atoms. The van der Waals surface area contributed by atoms with Crippen LogP contribution in [-0.2, 0) is 9.59 Å². The van der Waals surface area contributed by atoms with Crippen molar-refractivity contribution in [2.75, 3.05) is 25.5 Å². The van der Waals surface area contributed by atoms with Crippen molar-refractivity contribution in [3.8, 4) is 0 Å². The van der Waals surface area contributed by atoms with E-state index in [4.69, 9.17) is 4.42 Å². The van der Waals surface area contributed by atoms with Crippen LogP contribution in [0, 0.1) is 13.8 Å². The van der Waals surface area contributed by atoms with E-state index in [2.05, 4.69) is 10.6 Å². The Morgan fingerprint density at radius 3 is 2.38 bits per heavy atom. The van der Waals surface area contributed by atoms with Gasteiger partial charge in [0.25, 0.3) is 5.91 Å². The average molecular weight is 357 g/mol. The van der Waals surface area contributed by atoms with Crippen LogP contribution in [0.4, 0.5) is 5.69 Å². The molecule has 0 aliphatic heterocycles. The molecule has 0 atom stereocenters. The zero-order valence-corrected chi connectivity index (χ0v) is 15.2. The van der Waals surface area contributed by atoms with E-state index in [1.807, 2.05) is 32.0 Å². The predicted octanol–water partition coefficient (Wildman–Crippen LogP) is 2.11. The summed E-state index contributed by atoms with van der Waals surface area (Å²) in [5.41, 5.74) is 2.70. The van der Waals surface area contributed by atoms with E-state index in [9.17, 15) is 14.4 Å². The van der Waals surface area contributed by atoms with Crippen molar-refractivity contribution in [2.45, 2.75) is 20.3 Å². The van der Waals surface area contributed by atoms with Gasteiger partial charge in [-0.25, -0.2) is 0 Å². The number of carbonyl (C=O) groups excluding carboxylic acids is 3. The first-order valence-electron chi connectivity index (χ1n) is 8.30. The number of furan rings is 1. The zero-order chi connectivity index (χ0) is 19.1. The predicted molar refractivity (Wildman–Crippen MR) is 97.8 cm³/mol. The Kier molecular flexibility index (Phi) is 6.54. The van der Waals surface area contributed by atoms with Gasteiger partial charge in [-0.1, -0.05) is 18.2 Å². The number of nitrogens with one attached hydrogen (secondary N) is 2. The maximum Gasteiger partial charge on any atom is 0.286 e. The fraction of sp³-hybridized carbons (Fsp3) is 0.316. The molecule has 0 aliphatic carbocycles. The minimum absolute atomic E-state index is 0.0568. The highest BCUT2D eigenvalue weighted by Crippen LogP contribution is 2.19. The number of likely N-dealkylation sites (N-methyl/N-ethyl adjacent to an activating group) is 1. The molecule has 3 amide bonds. The molecule has 2 rings (SSSR count). The second kappa shape index (κ2) is 8.84. The Labute approximate surface area is 152 Å². The SMILES string of the molecule is Cc1cccc(C)c1NC(=O)CN(C)C(=O)CCNC(=O)c1ccco1. The van der Waals surface area contributed by atoms with Gasteiger partial charge in [0.2, 0.25) is 11.8 Å². The number of hydrogen-bond acceptors (Lipinski definition) is 4. The second-order valence-corrected chi connectivity index (χ2v) is 6.05. The van der Waals surface area contributed by atoms with Gasteiger partial charge in [0.1, 0.15) is 0 Å². The molecule has 0 saturated carbocycles. The second-order valence-electron chi connectivity index (χ2n) is 6.05. The zero-order valence-electron chi connectivity index (χ0n) is 15.2. The van der Waals surface area contributed by atoms with Gasteiger partial charge in [-0.15, -0.1) is 0 Å². The van der Waals surface area contributed by atoms with Crippen LogP contribution in [0.3, 0.4) is 0 Å². The van der Waals surface area contributed by atoms with Gasteiger partial charge in [0.05, 0.1) is 12.8 Å². The highest BCUT2D eigenvalue weighted by molar-refractivity contribution is 5.96. The Hall–Kier alpha value is -3.09. The van der Waals surface area contributed by atoms with Gasteiger partial charge in [-0.05, 0) is 37.1 Å². The third kappa shape index (κ3) is 5.20. The van der Waals surface area contributed by atoms with Crippen LogP contribution in [-0.4, -0.2) is 42.8 Å². The number of aryl methyl sites for hydroxylation is 2. The lowest BCUT2D eigenvalue weighted by Gasteiger charge is -2.18. The number of nitrogens with zero attached hydrogens (tertiary/aromatic N) is 1. The summed E-state index contributed by atoms with van der Waals surface area (Å²) < 4.78 is 4.97. The van der Waals surface area contributed by atoms with Gasteiger partial charge < -0.3 is 20.0 Å². The molecule has 1 heterocycles. The molecule has 138 valence electrons. The summed E-state index contributed by atoms with van der Waals surface area (Å²) in [5.74, 6) is -0.684. The minimum atomic E-state index is -0.377. The topological polar surface area (TPSA) is 91.7 Å². The quantitative estimate of drug-likeness (QED) is 0.794. The summed E-state index contributed by atoms with van der Waals surface area (Å²) in [6.45, 7) is 3.94. The van der Waals surface area contributed by atoms with Crippen molar-refractivity contribution in [2.24, 2.45) is 0 Å². The van der Waals surface area contributed by atoms with Crippen LogP contribution in [0.5, 0.6) is 0 Å². The molecule has 0 saturated heterocycles. The van der Waals surface area contributed by atoms with Crippen molar-refractivity contribution in [1.29, 1.82) is 0 Å². The van der Waals surface area contributed by atoms with Crippen molar-refractivity contribution in [1.82, 2.24) is 10.2 Å². The first kappa shape index (κ1) is 19.2. The van der Waals surface area contributed by atoms with E-state index in [0.29, 0.717) is 0 Å². The Morgan fingerprint density at radius 1 is 1.08 bits per heavy atom. The first-order valence-corrected chi connectivity index (χ1v) is 8.30. The Morgan fingerprint density at radius 2 is 1.77 bits per heavy atom. The molecule has 0 aliphatic rings. The lowest BCUT2D eigenvalue weighted by Crippen LogP contribution is -2.37. The van der Waals surface area contributed by atoms with Crippen LogP contribution < -0.4 is 10.6 Å². The smallest absolute Gasteiger partial charge is 0.286 e. The maximum atomic E-state index is 12.2. The van der Waals surface area contributed by atoms with Crippen LogP contribution in [0.15, 0.2) is 41.0 Å². The lowest BCUT2D eigenvalue weighted by molar-refractivity contribution is -0.133. The summed E-state index contributed by atoms with van der Waals surface area (Å²) in [7, 11) is 1.56. The molecular formula is C19H23N3O4. The third-order valence-electron chi connectivity index (χ3n) is 3.92. The molecular weight excluding hydrogens is 334 g/mol. The van der Waals surface area contributed by atoms with Crippen molar-refractivity contribution < 1.29 is 18.8 Å². The van der Waals surface area contributed by atoms with Crippen LogP contribution in [0.2, 0.25) is 0 Å². The number of rotatable bonds is 7. The van der Waals surface area contributed by atoms with E-state index in [1.54, 1.807) is 19.2 Å². The summed E-state index contributed by atoms with van der Waals surface area (Å²) in [4.78, 5) is 37.3. The average Bonchev–Trinajstić information content (AvgIpc) is 3.12. The molecule has 7 heteroatoms. The number of para-hydroxylation sites is 1. The number of amides is 3. The molecule has 0 fully saturated rings. The fourth-order valence-electron chi connectivity index (χ4n) is 2.46. The van der Waals surface area contributed by atoms with Gasteiger partial charge >= 0.3 is 0 Å². The van der Waals surface area contributed by atoms with Gasteiger partial charge in [-0.2, -0.15) is 0 Å². The van der Waals surface area contributed by atoms with E-state index in [1.165, 1.54) is 11.2 Å². The molecule has 7 nitrogen and oxygen atoms in total. The summed E-state index contributed by atoms with van der Waals surface area (Å²) >= 11 is 0. The standard InChI is InChI=1S/C19H23N3O4/c1-13-6-4-7-14(2)18(13)21-16(23)12-22(3)17(24)9-10-20-19(25)15-8-5-11-26-15/h4-8,11H,9-10,12H2,1-3H3,(H,20,25)(H,21,23). The summed E-state index contributed by atoms with van der Waals surface area (Å²) in [5, 5.41) is 5.44. The van der Waals surface area contributed by atoms with Gasteiger partial charge in [0, 0.05) is 25.7 Å². The molecule has 2 aromatic rings. The summed E-state index contributed by atoms with van der Waals surface area (Å²) in [6.07, 6.45) is 1.50. The normalized spacial score (nSPS) is 10.3. The largest absolute Gasteiger partial charge is 0.459 e. The van der Waals surface area contributed by atoms with Gasteiger partial charge in [0.15, 0.2) is 5.76 Å². The third-order valence-corrected chi connectivity index (χ3v) is 3.92. The molecule has 0 radical (unpaired) electrons. The maximum absolute atomic E-state index is 12.2. The lowest BCUT2D eigenvalue weighted by atomic mass is 10.1. The number of carbonyl (C=O) groups is 3. The molecule has 1 aromatic heterocycles. The number of hydrogen-bond donors (Lipinski definition) is 2. The molecule has 0 unspecified atom stereocenters. The number of benzene rings is 1.